The van der Waals surface area contributed by atoms with E-state index in [0.717, 1.165) is 0 Å². The van der Waals surface area contributed by atoms with Crippen molar-refractivity contribution in [3.05, 3.63) is 139 Å². The zero-order chi connectivity index (χ0) is 32.2. The van der Waals surface area contributed by atoms with Crippen molar-refractivity contribution < 1.29 is 0 Å². The first-order chi connectivity index (χ1) is 22.5. The van der Waals surface area contributed by atoms with E-state index in [1.54, 1.807) is 0 Å². The quantitative estimate of drug-likeness (QED) is 0.185. The maximum atomic E-state index is 2.47. The summed E-state index contributed by atoms with van der Waals surface area (Å²) >= 11 is 0. The average molecular weight is 606 g/mol. The second kappa shape index (κ2) is 9.69. The van der Waals surface area contributed by atoms with E-state index in [1.165, 1.54) is 93.5 Å². The van der Waals surface area contributed by atoms with Crippen LogP contribution in [0.1, 0.15) is 52.7 Å². The molecule has 0 spiro atoms. The molecule has 0 unspecified atom stereocenters. The predicted molar refractivity (Wildman–Crippen MR) is 203 cm³/mol. The molecule has 0 bridgehead atoms. The van der Waals surface area contributed by atoms with Gasteiger partial charge < -0.3 is 4.57 Å². The normalized spacial score (nSPS) is 12.9. The Morgan fingerprint density at radius 2 is 0.872 bits per heavy atom. The van der Waals surface area contributed by atoms with Crippen molar-refractivity contribution in [2.24, 2.45) is 0 Å². The fraction of sp³-hybridized carbons (Fsp3) is 0.174. The highest BCUT2D eigenvalue weighted by Gasteiger charge is 2.25. The minimum absolute atomic E-state index is 0.0842. The van der Waals surface area contributed by atoms with E-state index < -0.39 is 0 Å². The lowest BCUT2D eigenvalue weighted by Gasteiger charge is -2.26. The van der Waals surface area contributed by atoms with Gasteiger partial charge in [-0.25, -0.2) is 0 Å². The third kappa shape index (κ3) is 4.37. The predicted octanol–water partition coefficient (Wildman–Crippen LogP) is 13.0. The number of benzene rings is 7. The van der Waals surface area contributed by atoms with Gasteiger partial charge in [0, 0.05) is 16.5 Å². The Labute approximate surface area is 277 Å². The van der Waals surface area contributed by atoms with Gasteiger partial charge in [0.1, 0.15) is 0 Å². The van der Waals surface area contributed by atoms with Gasteiger partial charge in [-0.1, -0.05) is 102 Å². The second-order valence-electron chi connectivity index (χ2n) is 15.6. The summed E-state index contributed by atoms with van der Waals surface area (Å²) in [6.45, 7) is 13.8. The third-order valence-corrected chi connectivity index (χ3v) is 10.4. The molecule has 0 fully saturated rings. The summed E-state index contributed by atoms with van der Waals surface area (Å²) in [5.41, 5.74) is 14.6. The largest absolute Gasteiger partial charge is 0.309 e. The van der Waals surface area contributed by atoms with Gasteiger partial charge in [0.15, 0.2) is 0 Å². The van der Waals surface area contributed by atoms with Gasteiger partial charge in [-0.15, -0.1) is 0 Å². The van der Waals surface area contributed by atoms with Gasteiger partial charge in [-0.3, -0.25) is 0 Å². The Balaban J connectivity index is 1.18. The van der Waals surface area contributed by atoms with Crippen LogP contribution in [0.25, 0.3) is 82.4 Å². The lowest BCUT2D eigenvalue weighted by Crippen LogP contribution is -2.10. The van der Waals surface area contributed by atoms with Gasteiger partial charge in [-0.05, 0) is 144 Å². The Morgan fingerprint density at radius 3 is 1.40 bits per heavy atom. The molecule has 1 aliphatic carbocycles. The molecule has 9 rings (SSSR count). The molecule has 1 aliphatic rings. The molecule has 0 amide bonds. The number of fused-ring (bicyclic) bond motifs is 9. The number of hydrogen-bond donors (Lipinski definition) is 0. The van der Waals surface area contributed by atoms with Gasteiger partial charge in [-0.2, -0.15) is 0 Å². The van der Waals surface area contributed by atoms with Gasteiger partial charge >= 0.3 is 0 Å². The fourth-order valence-electron chi connectivity index (χ4n) is 7.60. The summed E-state index contributed by atoms with van der Waals surface area (Å²) in [5.74, 6) is 0. The van der Waals surface area contributed by atoms with Crippen LogP contribution < -0.4 is 0 Å². The van der Waals surface area contributed by atoms with E-state index in [-0.39, 0.29) is 10.8 Å². The summed E-state index contributed by atoms with van der Waals surface area (Å²) in [5, 5.41) is 7.79. The van der Waals surface area contributed by atoms with Gasteiger partial charge in [0.2, 0.25) is 0 Å². The molecule has 7 aromatic carbocycles. The van der Waals surface area contributed by atoms with Crippen molar-refractivity contribution in [1.82, 2.24) is 4.57 Å². The molecule has 0 saturated carbocycles. The van der Waals surface area contributed by atoms with E-state index in [0.29, 0.717) is 0 Å². The van der Waals surface area contributed by atoms with Gasteiger partial charge in [0.05, 0.1) is 11.0 Å². The first-order valence-electron chi connectivity index (χ1n) is 16.8. The van der Waals surface area contributed by atoms with Crippen molar-refractivity contribution >= 4 is 43.4 Å². The summed E-state index contributed by atoms with van der Waals surface area (Å²) in [4.78, 5) is 0. The molecule has 8 aromatic rings. The monoisotopic (exact) mass is 605 g/mol. The van der Waals surface area contributed by atoms with E-state index in [2.05, 4.69) is 174 Å². The number of hydrogen-bond acceptors (Lipinski definition) is 0. The molecule has 1 heteroatoms. The average Bonchev–Trinajstić information content (AvgIpc) is 3.39. The molecule has 0 aliphatic heterocycles. The molecule has 1 heterocycles. The minimum Gasteiger partial charge on any atom is -0.309 e. The molecule has 47 heavy (non-hydrogen) atoms. The molecular weight excluding hydrogens is 567 g/mol. The van der Waals surface area contributed by atoms with Crippen LogP contribution in [0.2, 0.25) is 0 Å². The van der Waals surface area contributed by atoms with Crippen molar-refractivity contribution in [3.63, 3.8) is 0 Å². The molecule has 0 saturated heterocycles. The summed E-state index contributed by atoms with van der Waals surface area (Å²) < 4.78 is 2.47. The zero-order valence-corrected chi connectivity index (χ0v) is 28.1. The maximum absolute atomic E-state index is 2.47. The lowest BCUT2D eigenvalue weighted by atomic mass is 9.77. The molecule has 1 nitrogen and oxygen atoms in total. The summed E-state index contributed by atoms with van der Waals surface area (Å²) in [6.07, 6.45) is 0. The Bertz CT molecular complexity index is 2490. The van der Waals surface area contributed by atoms with E-state index in [9.17, 15) is 0 Å². The standard InChI is InChI=1S/C46H39N/c1-45(2,3)34-15-18-43-41(26-34)42-27-35(46(4,5)6)16-19-44(42)47(43)36-17-14-31-23-38-39-24-32-20-29(28-10-8-7-9-11-28)12-13-30(32)22-37(39)40(38)25-33(31)21-36/h7-27H,1-6H3. The molecule has 1 aromatic heterocycles. The van der Waals surface area contributed by atoms with Crippen LogP contribution in [0.4, 0.5) is 0 Å². The second-order valence-corrected chi connectivity index (χ2v) is 15.6. The Morgan fingerprint density at radius 1 is 0.383 bits per heavy atom. The van der Waals surface area contributed by atoms with E-state index >= 15 is 0 Å². The summed E-state index contributed by atoms with van der Waals surface area (Å²) in [7, 11) is 0. The van der Waals surface area contributed by atoms with Crippen LogP contribution in [0.15, 0.2) is 127 Å². The van der Waals surface area contributed by atoms with Crippen molar-refractivity contribution in [1.29, 1.82) is 0 Å². The highest BCUT2D eigenvalue weighted by molar-refractivity contribution is 6.13. The molecule has 0 N–H and O–H groups in total. The van der Waals surface area contributed by atoms with Crippen molar-refractivity contribution in [3.8, 4) is 39.1 Å². The zero-order valence-electron chi connectivity index (χ0n) is 28.1. The first-order valence-corrected chi connectivity index (χ1v) is 16.8. The molecule has 0 atom stereocenters. The van der Waals surface area contributed by atoms with Crippen molar-refractivity contribution in [2.45, 2.75) is 52.4 Å². The topological polar surface area (TPSA) is 4.93 Å². The Kier molecular flexibility index (Phi) is 5.79. The SMILES string of the molecule is CC(C)(C)c1ccc2c(c1)c1cc(C(C)(C)C)ccc1n2-c1ccc2cc3c(cc2c1)-c1cc2ccc(-c4ccccc4)cc2cc1-3. The highest BCUT2D eigenvalue weighted by atomic mass is 15.0. The van der Waals surface area contributed by atoms with E-state index in [1.807, 2.05) is 0 Å². The minimum atomic E-state index is 0.0842. The molecule has 0 radical (unpaired) electrons. The number of rotatable bonds is 2. The van der Waals surface area contributed by atoms with Gasteiger partial charge in [0.25, 0.3) is 0 Å². The number of nitrogens with zero attached hydrogens (tertiary/aromatic N) is 1. The fourth-order valence-corrected chi connectivity index (χ4v) is 7.60. The van der Waals surface area contributed by atoms with Crippen LogP contribution >= 0.6 is 0 Å². The smallest absolute Gasteiger partial charge is 0.0541 e. The first kappa shape index (κ1) is 28.1. The van der Waals surface area contributed by atoms with Crippen LogP contribution in [-0.4, -0.2) is 4.57 Å². The molecule has 228 valence electrons. The molecular formula is C46H39N. The summed E-state index contributed by atoms with van der Waals surface area (Å²) in [6, 6.07) is 48.2. The van der Waals surface area contributed by atoms with Crippen LogP contribution in [0, 0.1) is 0 Å². The van der Waals surface area contributed by atoms with Crippen molar-refractivity contribution in [2.75, 3.05) is 0 Å². The maximum Gasteiger partial charge on any atom is 0.0541 e. The number of aromatic nitrogens is 1. The van der Waals surface area contributed by atoms with Crippen LogP contribution in [0.3, 0.4) is 0 Å². The van der Waals surface area contributed by atoms with Crippen LogP contribution in [-0.2, 0) is 10.8 Å². The lowest BCUT2D eigenvalue weighted by molar-refractivity contribution is 0.590. The third-order valence-electron chi connectivity index (χ3n) is 10.4. The van der Waals surface area contributed by atoms with Crippen LogP contribution in [0.5, 0.6) is 0 Å². The van der Waals surface area contributed by atoms with E-state index in [4.69, 9.17) is 0 Å². The Hall–Kier alpha value is -5.14. The highest BCUT2D eigenvalue weighted by Crippen LogP contribution is 2.51.